The van der Waals surface area contributed by atoms with Gasteiger partial charge in [-0.25, -0.2) is 4.98 Å². The van der Waals surface area contributed by atoms with E-state index >= 15 is 0 Å². The van der Waals surface area contributed by atoms with Crippen LogP contribution in [0.2, 0.25) is 5.15 Å². The summed E-state index contributed by atoms with van der Waals surface area (Å²) in [6.45, 7) is 5.38. The van der Waals surface area contributed by atoms with Crippen LogP contribution < -0.4 is 10.9 Å². The first-order chi connectivity index (χ1) is 19.4. The molecule has 1 aliphatic carbocycles. The Morgan fingerprint density at radius 3 is 2.39 bits per heavy atom. The first-order valence-electron chi connectivity index (χ1n) is 13.6. The van der Waals surface area contributed by atoms with Gasteiger partial charge in [0.25, 0.3) is 5.56 Å². The number of likely N-dealkylation sites (tertiary alicyclic amines) is 1. The van der Waals surface area contributed by atoms with Crippen LogP contribution in [-0.2, 0) is 16.1 Å². The van der Waals surface area contributed by atoms with Gasteiger partial charge >= 0.3 is 6.18 Å². The topological polar surface area (TPSA) is 102 Å². The number of hydrogen-bond acceptors (Lipinski definition) is 6. The monoisotopic (exact) mass is 595 g/mol. The third kappa shape index (κ3) is 6.15. The number of alkyl halides is 3. The lowest BCUT2D eigenvalue weighted by atomic mass is 9.90. The molecule has 2 aliphatic heterocycles. The van der Waals surface area contributed by atoms with Crippen LogP contribution in [-0.4, -0.2) is 81.2 Å². The van der Waals surface area contributed by atoms with Crippen LogP contribution in [0, 0.1) is 11.3 Å². The van der Waals surface area contributed by atoms with E-state index in [-0.39, 0.29) is 44.5 Å². The average Bonchev–Trinajstić information content (AvgIpc) is 3.57. The summed E-state index contributed by atoms with van der Waals surface area (Å²) in [6.07, 6.45) is -2.96. The van der Waals surface area contributed by atoms with Crippen molar-refractivity contribution in [2.24, 2.45) is 11.3 Å². The molecule has 3 aromatic rings. The Morgan fingerprint density at radius 1 is 1.20 bits per heavy atom. The molecule has 2 saturated heterocycles. The van der Waals surface area contributed by atoms with Crippen molar-refractivity contribution >= 4 is 28.5 Å². The second-order valence-corrected chi connectivity index (χ2v) is 11.5. The number of hydrogen-bond donors (Lipinski definition) is 2. The summed E-state index contributed by atoms with van der Waals surface area (Å²) in [5.74, 6) is -2.14. The van der Waals surface area contributed by atoms with Gasteiger partial charge in [0.05, 0.1) is 42.1 Å². The van der Waals surface area contributed by atoms with Crippen LogP contribution in [0.3, 0.4) is 0 Å². The van der Waals surface area contributed by atoms with Crippen LogP contribution in [0.15, 0.2) is 47.5 Å². The number of carbonyl (C=O) groups is 1. The quantitative estimate of drug-likeness (QED) is 0.480. The molecular weight excluding hydrogens is 563 g/mol. The van der Waals surface area contributed by atoms with Gasteiger partial charge in [0, 0.05) is 31.9 Å². The zero-order valence-corrected chi connectivity index (χ0v) is 23.4. The zero-order chi connectivity index (χ0) is 29.4. The van der Waals surface area contributed by atoms with E-state index in [4.69, 9.17) is 16.3 Å². The summed E-state index contributed by atoms with van der Waals surface area (Å²) in [5.41, 5.74) is -1.94. The molecule has 0 spiro atoms. The minimum atomic E-state index is -4.39. The van der Waals surface area contributed by atoms with E-state index in [1.54, 1.807) is 4.57 Å². The molecule has 2 unspecified atom stereocenters. The molecule has 2 aromatic heterocycles. The molecule has 2 atom stereocenters. The van der Waals surface area contributed by atoms with Crippen molar-refractivity contribution in [2.45, 2.75) is 44.5 Å². The third-order valence-electron chi connectivity index (χ3n) is 8.17. The van der Waals surface area contributed by atoms with Crippen molar-refractivity contribution in [1.29, 1.82) is 0 Å². The number of benzene rings is 1. The number of rotatable bonds is 4. The fourth-order valence-corrected chi connectivity index (χ4v) is 5.86. The van der Waals surface area contributed by atoms with E-state index in [0.717, 1.165) is 32.0 Å². The number of piperidine rings is 1. The lowest BCUT2D eigenvalue weighted by Gasteiger charge is -2.39. The maximum Gasteiger partial charge on any atom is 0.392 e. The highest BCUT2D eigenvalue weighted by atomic mass is 35.5. The fraction of sp³-hybridized carbons (Fsp3) is 0.536. The molecule has 2 N–H and O–H groups in total. The molecule has 4 heterocycles. The molecule has 0 bridgehead atoms. The van der Waals surface area contributed by atoms with E-state index in [0.29, 0.717) is 16.2 Å². The molecule has 3 aliphatic rings. The van der Waals surface area contributed by atoms with E-state index < -0.39 is 29.0 Å². The number of halogens is 4. The molecule has 13 heteroatoms. The highest BCUT2D eigenvalue weighted by Crippen LogP contribution is 2.61. The Balaban J connectivity index is 0.000000500. The van der Waals surface area contributed by atoms with Gasteiger partial charge in [-0.05, 0) is 37.5 Å². The second-order valence-electron chi connectivity index (χ2n) is 11.1. The van der Waals surface area contributed by atoms with Crippen molar-refractivity contribution in [3.05, 3.63) is 58.2 Å². The van der Waals surface area contributed by atoms with E-state index in [2.05, 4.69) is 10.3 Å². The van der Waals surface area contributed by atoms with Crippen molar-refractivity contribution in [1.82, 2.24) is 24.3 Å². The molecular formula is C28H33ClF3N5O4. The van der Waals surface area contributed by atoms with Gasteiger partial charge in [-0.2, -0.15) is 13.2 Å². The van der Waals surface area contributed by atoms with E-state index in [9.17, 15) is 27.9 Å². The Labute approximate surface area is 239 Å². The number of nitrogens with zero attached hydrogens (tertiary/aromatic N) is 4. The SMILES string of the molecule is C1COCCN1.CC1(C(=O)N2CCC(O)(Cn3cnc4c(cc(Cl)n4-c4ccccc4)c3=O)CC2)CC1C(F)(F)F. The average molecular weight is 596 g/mol. The molecule has 0 radical (unpaired) electrons. The van der Waals surface area contributed by atoms with Crippen molar-refractivity contribution in [2.75, 3.05) is 39.4 Å². The smallest absolute Gasteiger partial charge is 0.388 e. The zero-order valence-electron chi connectivity index (χ0n) is 22.7. The highest BCUT2D eigenvalue weighted by molar-refractivity contribution is 6.31. The fourth-order valence-electron chi connectivity index (χ4n) is 5.58. The number of carbonyl (C=O) groups excluding carboxylic acids is 1. The minimum Gasteiger partial charge on any atom is -0.388 e. The maximum absolute atomic E-state index is 13.2. The van der Waals surface area contributed by atoms with E-state index in [1.165, 1.54) is 28.8 Å². The first-order valence-corrected chi connectivity index (χ1v) is 14.0. The summed E-state index contributed by atoms with van der Waals surface area (Å²) >= 11 is 6.39. The number of morpholine rings is 1. The minimum absolute atomic E-state index is 0.0482. The van der Waals surface area contributed by atoms with Crippen LogP contribution in [0.25, 0.3) is 16.7 Å². The van der Waals surface area contributed by atoms with Crippen LogP contribution in [0.4, 0.5) is 13.2 Å². The predicted octanol–water partition coefficient (Wildman–Crippen LogP) is 3.39. The molecule has 1 aromatic carbocycles. The summed E-state index contributed by atoms with van der Waals surface area (Å²) in [5, 5.41) is 14.9. The Hall–Kier alpha value is -2.93. The molecule has 6 rings (SSSR count). The van der Waals surface area contributed by atoms with Crippen molar-refractivity contribution in [3.63, 3.8) is 0 Å². The molecule has 222 valence electrons. The number of amides is 1. The molecule has 1 saturated carbocycles. The van der Waals surface area contributed by atoms with Crippen LogP contribution >= 0.6 is 11.6 Å². The lowest BCUT2D eigenvalue weighted by molar-refractivity contribution is -0.165. The first kappa shape index (κ1) is 29.6. The standard InChI is InChI=1S/C24H24ClF3N4O3.C4H9NO/c1-22(12-17(22)24(26,27)28)21(34)30-9-7-23(35,8-10-30)13-31-14-29-19-16(20(31)33)11-18(25)32(19)15-5-3-2-4-6-15;1-3-6-4-2-5-1/h2-6,11,14,17,35H,7-10,12-13H2,1H3;5H,1-4H2. The number of aliphatic hydroxyl groups is 1. The van der Waals surface area contributed by atoms with Gasteiger partial charge in [0.2, 0.25) is 5.91 Å². The Bertz CT molecular complexity index is 1440. The van der Waals surface area contributed by atoms with Crippen molar-refractivity contribution < 1.29 is 27.8 Å². The molecule has 41 heavy (non-hydrogen) atoms. The predicted molar refractivity (Wildman–Crippen MR) is 147 cm³/mol. The number of ether oxygens (including phenoxy) is 1. The van der Waals surface area contributed by atoms with Gasteiger partial charge < -0.3 is 20.1 Å². The van der Waals surface area contributed by atoms with Crippen LogP contribution in [0.1, 0.15) is 26.2 Å². The van der Waals surface area contributed by atoms with Gasteiger partial charge in [0.1, 0.15) is 11.5 Å². The summed E-state index contributed by atoms with van der Waals surface area (Å²) in [7, 11) is 0. The van der Waals surface area contributed by atoms with Gasteiger partial charge in [0.15, 0.2) is 5.65 Å². The van der Waals surface area contributed by atoms with Gasteiger partial charge in [-0.15, -0.1) is 0 Å². The summed E-state index contributed by atoms with van der Waals surface area (Å²) in [4.78, 5) is 31.7. The normalized spacial score (nSPS) is 24.0. The Kier molecular flexibility index (Phi) is 8.21. The highest BCUT2D eigenvalue weighted by Gasteiger charge is 2.68. The molecule has 3 fully saturated rings. The second kappa shape index (κ2) is 11.4. The lowest BCUT2D eigenvalue weighted by Crippen LogP contribution is -2.51. The van der Waals surface area contributed by atoms with Gasteiger partial charge in [-0.3, -0.25) is 18.7 Å². The number of aromatic nitrogens is 3. The van der Waals surface area contributed by atoms with Crippen LogP contribution in [0.5, 0.6) is 0 Å². The number of para-hydroxylation sites is 1. The van der Waals surface area contributed by atoms with E-state index in [1.807, 2.05) is 30.3 Å². The van der Waals surface area contributed by atoms with Crippen molar-refractivity contribution in [3.8, 4) is 5.69 Å². The molecule has 1 amide bonds. The van der Waals surface area contributed by atoms with Gasteiger partial charge in [-0.1, -0.05) is 36.7 Å². The number of fused-ring (bicyclic) bond motifs is 1. The largest absolute Gasteiger partial charge is 0.392 e. The number of nitrogens with one attached hydrogen (secondary N) is 1. The third-order valence-corrected chi connectivity index (χ3v) is 8.45. The summed E-state index contributed by atoms with van der Waals surface area (Å²) in [6, 6.07) is 10.8. The molecule has 9 nitrogen and oxygen atoms in total. The maximum atomic E-state index is 13.2. The summed E-state index contributed by atoms with van der Waals surface area (Å²) < 4.78 is 47.1. The Morgan fingerprint density at radius 2 is 1.85 bits per heavy atom.